The Hall–Kier alpha value is -1.62. The molecule has 0 bridgehead atoms. The molecule has 98 valence electrons. The van der Waals surface area contributed by atoms with E-state index in [0.29, 0.717) is 11.6 Å². The second-order valence-electron chi connectivity index (χ2n) is 4.87. The minimum Gasteiger partial charge on any atom is -0.385 e. The molecule has 1 saturated heterocycles. The third-order valence-corrected chi connectivity index (χ3v) is 3.14. The fraction of sp³-hybridized carbons (Fsp3) is 0.538. The maximum atomic E-state index is 11.8. The molecule has 1 amide bonds. The van der Waals surface area contributed by atoms with E-state index in [4.69, 9.17) is 0 Å². The summed E-state index contributed by atoms with van der Waals surface area (Å²) in [6, 6.07) is 3.71. The molecule has 2 N–H and O–H groups in total. The van der Waals surface area contributed by atoms with Crippen LogP contribution in [0.3, 0.4) is 0 Å². The second-order valence-corrected chi connectivity index (χ2v) is 4.87. The number of amides is 1. The number of nitrogens with zero attached hydrogens (tertiary/aromatic N) is 2. The molecule has 1 atom stereocenters. The van der Waals surface area contributed by atoms with E-state index in [9.17, 15) is 4.79 Å². The van der Waals surface area contributed by atoms with Crippen molar-refractivity contribution >= 4 is 11.6 Å². The minimum atomic E-state index is -0.0683. The molecular formula is C13H20N4O. The summed E-state index contributed by atoms with van der Waals surface area (Å²) >= 11 is 0. The molecule has 1 aromatic rings. The molecule has 1 aromatic heterocycles. The Balaban J connectivity index is 1.96. The van der Waals surface area contributed by atoms with Gasteiger partial charge in [0.25, 0.3) is 5.91 Å². The fourth-order valence-electron chi connectivity index (χ4n) is 2.04. The molecule has 0 spiro atoms. The number of hydrogen-bond donors (Lipinski definition) is 2. The average molecular weight is 248 g/mol. The number of aromatic nitrogens is 1. The molecule has 1 fully saturated rings. The first-order valence-corrected chi connectivity index (χ1v) is 6.29. The van der Waals surface area contributed by atoms with Crippen molar-refractivity contribution in [3.63, 3.8) is 0 Å². The molecule has 0 saturated carbocycles. The Morgan fingerprint density at radius 3 is 3.11 bits per heavy atom. The third-order valence-electron chi connectivity index (χ3n) is 3.14. The maximum Gasteiger partial charge on any atom is 0.272 e. The van der Waals surface area contributed by atoms with Crippen LogP contribution < -0.4 is 10.6 Å². The lowest BCUT2D eigenvalue weighted by Crippen LogP contribution is -2.23. The van der Waals surface area contributed by atoms with Crippen LogP contribution in [-0.2, 0) is 0 Å². The van der Waals surface area contributed by atoms with Crippen molar-refractivity contribution in [2.24, 2.45) is 5.92 Å². The first-order valence-electron chi connectivity index (χ1n) is 6.29. The summed E-state index contributed by atoms with van der Waals surface area (Å²) in [5, 5.41) is 6.71. The molecule has 1 aliphatic heterocycles. The van der Waals surface area contributed by atoms with Crippen molar-refractivity contribution in [2.75, 3.05) is 39.0 Å². The highest BCUT2D eigenvalue weighted by Gasteiger charge is 2.14. The summed E-state index contributed by atoms with van der Waals surface area (Å²) in [4.78, 5) is 17.4. The van der Waals surface area contributed by atoms with Crippen LogP contribution in [0, 0.1) is 5.92 Å². The Morgan fingerprint density at radius 2 is 2.44 bits per heavy atom. The van der Waals surface area contributed by atoms with Gasteiger partial charge in [-0.05, 0) is 37.6 Å². The lowest BCUT2D eigenvalue weighted by atomic mass is 10.1. The van der Waals surface area contributed by atoms with Crippen LogP contribution >= 0.6 is 0 Å². The van der Waals surface area contributed by atoms with Gasteiger partial charge in [0.2, 0.25) is 0 Å². The molecule has 2 heterocycles. The van der Waals surface area contributed by atoms with Gasteiger partial charge in [-0.25, -0.2) is 0 Å². The van der Waals surface area contributed by atoms with Gasteiger partial charge in [0, 0.05) is 32.5 Å². The molecule has 1 aliphatic rings. The number of rotatable bonds is 4. The predicted molar refractivity (Wildman–Crippen MR) is 71.7 cm³/mol. The number of carbonyl (C=O) groups is 1. The van der Waals surface area contributed by atoms with Gasteiger partial charge in [0.1, 0.15) is 5.69 Å². The Morgan fingerprint density at radius 1 is 1.61 bits per heavy atom. The normalized spacial score (nSPS) is 18.7. The van der Waals surface area contributed by atoms with Gasteiger partial charge < -0.3 is 15.5 Å². The van der Waals surface area contributed by atoms with E-state index in [0.717, 1.165) is 25.3 Å². The van der Waals surface area contributed by atoms with E-state index in [2.05, 4.69) is 15.6 Å². The zero-order chi connectivity index (χ0) is 13.0. The van der Waals surface area contributed by atoms with Crippen molar-refractivity contribution in [3.05, 3.63) is 24.0 Å². The molecule has 1 unspecified atom stereocenters. The van der Waals surface area contributed by atoms with Crippen LogP contribution in [0.5, 0.6) is 0 Å². The van der Waals surface area contributed by atoms with Crippen LogP contribution in [-0.4, -0.2) is 49.5 Å². The molecule has 5 nitrogen and oxygen atoms in total. The van der Waals surface area contributed by atoms with E-state index in [1.807, 2.05) is 12.1 Å². The number of hydrogen-bond acceptors (Lipinski definition) is 4. The molecule has 0 aliphatic carbocycles. The van der Waals surface area contributed by atoms with Gasteiger partial charge >= 0.3 is 0 Å². The van der Waals surface area contributed by atoms with Crippen LogP contribution in [0.15, 0.2) is 18.3 Å². The highest BCUT2D eigenvalue weighted by Crippen LogP contribution is 2.12. The second kappa shape index (κ2) is 5.82. The van der Waals surface area contributed by atoms with Crippen molar-refractivity contribution in [1.82, 2.24) is 15.2 Å². The monoisotopic (exact) mass is 248 g/mol. The van der Waals surface area contributed by atoms with E-state index in [-0.39, 0.29) is 5.91 Å². The van der Waals surface area contributed by atoms with Crippen molar-refractivity contribution in [2.45, 2.75) is 6.42 Å². The van der Waals surface area contributed by atoms with E-state index >= 15 is 0 Å². The summed E-state index contributed by atoms with van der Waals surface area (Å²) in [5.41, 5.74) is 1.44. The molecule has 5 heteroatoms. The smallest absolute Gasteiger partial charge is 0.272 e. The Bertz CT molecular complexity index is 413. The third kappa shape index (κ3) is 3.20. The largest absolute Gasteiger partial charge is 0.385 e. The summed E-state index contributed by atoms with van der Waals surface area (Å²) in [5.74, 6) is 0.604. The molecular weight excluding hydrogens is 228 g/mol. The summed E-state index contributed by atoms with van der Waals surface area (Å²) in [7, 11) is 3.46. The van der Waals surface area contributed by atoms with Gasteiger partial charge in [-0.1, -0.05) is 0 Å². The average Bonchev–Trinajstić information content (AvgIpc) is 2.89. The van der Waals surface area contributed by atoms with Crippen LogP contribution in [0.2, 0.25) is 0 Å². The van der Waals surface area contributed by atoms with E-state index in [1.165, 1.54) is 11.3 Å². The van der Waals surface area contributed by atoms with Crippen LogP contribution in [0.4, 0.5) is 5.69 Å². The quantitative estimate of drug-likeness (QED) is 0.827. The molecule has 0 aromatic carbocycles. The first-order chi connectivity index (χ1) is 8.66. The first kappa shape index (κ1) is 12.8. The van der Waals surface area contributed by atoms with E-state index < -0.39 is 0 Å². The number of carbonyl (C=O) groups excluding carboxylic acids is 1. The topological polar surface area (TPSA) is 57.3 Å². The molecule has 0 radical (unpaired) electrons. The van der Waals surface area contributed by atoms with Crippen molar-refractivity contribution < 1.29 is 4.79 Å². The number of nitrogens with one attached hydrogen (secondary N) is 2. The fourth-order valence-corrected chi connectivity index (χ4v) is 2.04. The zero-order valence-corrected chi connectivity index (χ0v) is 10.9. The molecule has 2 rings (SSSR count). The Labute approximate surface area is 108 Å². The molecule has 18 heavy (non-hydrogen) atoms. The van der Waals surface area contributed by atoms with Gasteiger partial charge in [-0.15, -0.1) is 0 Å². The summed E-state index contributed by atoms with van der Waals surface area (Å²) in [6.07, 6.45) is 2.88. The summed E-state index contributed by atoms with van der Waals surface area (Å²) < 4.78 is 0. The SMILES string of the molecule is CN(C)C(=O)c1cc(NCC2CCNC2)ccn1. The highest BCUT2D eigenvalue weighted by molar-refractivity contribution is 5.92. The minimum absolute atomic E-state index is 0.0683. The lowest BCUT2D eigenvalue weighted by molar-refractivity contribution is 0.0822. The zero-order valence-electron chi connectivity index (χ0n) is 10.9. The lowest BCUT2D eigenvalue weighted by Gasteiger charge is -2.13. The Kier molecular flexibility index (Phi) is 4.15. The highest BCUT2D eigenvalue weighted by atomic mass is 16.2. The van der Waals surface area contributed by atoms with E-state index in [1.54, 1.807) is 20.3 Å². The predicted octanol–water partition coefficient (Wildman–Crippen LogP) is 0.805. The maximum absolute atomic E-state index is 11.8. The van der Waals surface area contributed by atoms with Gasteiger partial charge in [0.05, 0.1) is 0 Å². The van der Waals surface area contributed by atoms with Crippen LogP contribution in [0.25, 0.3) is 0 Å². The number of anilines is 1. The standard InChI is InChI=1S/C13H20N4O/c1-17(2)13(18)12-7-11(4-6-15-12)16-9-10-3-5-14-8-10/h4,6-7,10,14H,3,5,8-9H2,1-2H3,(H,15,16). The number of pyridine rings is 1. The van der Waals surface area contributed by atoms with Crippen molar-refractivity contribution in [3.8, 4) is 0 Å². The van der Waals surface area contributed by atoms with Gasteiger partial charge in [0.15, 0.2) is 0 Å². The van der Waals surface area contributed by atoms with Crippen molar-refractivity contribution in [1.29, 1.82) is 0 Å². The van der Waals surface area contributed by atoms with Gasteiger partial charge in [-0.2, -0.15) is 0 Å². The van der Waals surface area contributed by atoms with Gasteiger partial charge in [-0.3, -0.25) is 9.78 Å². The van der Waals surface area contributed by atoms with Crippen LogP contribution in [0.1, 0.15) is 16.9 Å². The summed E-state index contributed by atoms with van der Waals surface area (Å²) in [6.45, 7) is 3.11.